The maximum absolute atomic E-state index is 6.36. The van der Waals surface area contributed by atoms with Gasteiger partial charge >= 0.3 is 0 Å². The predicted molar refractivity (Wildman–Crippen MR) is 69.9 cm³/mol. The van der Waals surface area contributed by atoms with Crippen LogP contribution in [-0.2, 0) is 5.41 Å². The third kappa shape index (κ3) is 1.76. The molecule has 0 atom stereocenters. The zero-order chi connectivity index (χ0) is 12.0. The number of hydrogen-bond acceptors (Lipinski definition) is 2. The third-order valence-corrected chi connectivity index (χ3v) is 4.36. The van der Waals surface area contributed by atoms with Crippen molar-refractivity contribution in [2.45, 2.75) is 37.6 Å². The quantitative estimate of drug-likeness (QED) is 0.925. The molecule has 0 bridgehead atoms. The van der Waals surface area contributed by atoms with E-state index in [2.05, 4.69) is 35.8 Å². The molecule has 2 rings (SSSR count). The summed E-state index contributed by atoms with van der Waals surface area (Å²) in [6.07, 6.45) is 2.19. The van der Waals surface area contributed by atoms with Crippen molar-refractivity contribution in [2.75, 3.05) is 7.11 Å². The Morgan fingerprint density at radius 3 is 2.50 bits per heavy atom. The van der Waals surface area contributed by atoms with E-state index < -0.39 is 0 Å². The molecule has 2 nitrogen and oxygen atoms in total. The molecule has 0 heterocycles. The van der Waals surface area contributed by atoms with Crippen LogP contribution in [-0.4, -0.2) is 12.6 Å². The number of hydrogen-bond donors (Lipinski definition) is 1. The summed E-state index contributed by atoms with van der Waals surface area (Å²) in [6, 6.07) is 6.10. The summed E-state index contributed by atoms with van der Waals surface area (Å²) in [5.74, 6) is 0.921. The van der Waals surface area contributed by atoms with E-state index in [9.17, 15) is 0 Å². The Balaban J connectivity index is 2.49. The Kier molecular flexibility index (Phi) is 2.79. The Bertz CT molecular complexity index is 410. The van der Waals surface area contributed by atoms with Crippen LogP contribution >= 0.6 is 15.9 Å². The third-order valence-electron chi connectivity index (χ3n) is 3.87. The molecule has 0 radical (unpaired) electrons. The maximum atomic E-state index is 6.36. The van der Waals surface area contributed by atoms with Gasteiger partial charge in [0.25, 0.3) is 0 Å². The smallest absolute Gasteiger partial charge is 0.122 e. The van der Waals surface area contributed by atoms with Gasteiger partial charge in [0.2, 0.25) is 0 Å². The van der Waals surface area contributed by atoms with Crippen molar-refractivity contribution in [3.8, 4) is 5.75 Å². The molecule has 0 aromatic heterocycles. The van der Waals surface area contributed by atoms with Crippen molar-refractivity contribution in [2.24, 2.45) is 5.73 Å². The van der Waals surface area contributed by atoms with E-state index in [1.54, 1.807) is 7.11 Å². The van der Waals surface area contributed by atoms with Gasteiger partial charge in [-0.3, -0.25) is 0 Å². The minimum absolute atomic E-state index is 0.0534. The zero-order valence-corrected chi connectivity index (χ0v) is 11.6. The lowest BCUT2D eigenvalue weighted by Gasteiger charge is -2.33. The first-order valence-corrected chi connectivity index (χ1v) is 6.33. The molecule has 1 aromatic carbocycles. The van der Waals surface area contributed by atoms with Crippen LogP contribution in [0, 0.1) is 0 Å². The number of nitrogens with two attached hydrogens (primary N) is 1. The summed E-state index contributed by atoms with van der Waals surface area (Å²) < 4.78 is 6.50. The highest BCUT2D eigenvalue weighted by atomic mass is 79.9. The first kappa shape index (κ1) is 11.9. The van der Waals surface area contributed by atoms with Crippen molar-refractivity contribution in [3.05, 3.63) is 28.2 Å². The van der Waals surface area contributed by atoms with Gasteiger partial charge in [0, 0.05) is 21.0 Å². The van der Waals surface area contributed by atoms with Gasteiger partial charge in [-0.25, -0.2) is 0 Å². The maximum Gasteiger partial charge on any atom is 0.122 e. The van der Waals surface area contributed by atoms with E-state index in [1.165, 1.54) is 5.56 Å². The van der Waals surface area contributed by atoms with Crippen LogP contribution in [0.2, 0.25) is 0 Å². The molecule has 1 aliphatic rings. The van der Waals surface area contributed by atoms with E-state index in [-0.39, 0.29) is 11.0 Å². The van der Waals surface area contributed by atoms with Gasteiger partial charge in [-0.05, 0) is 31.0 Å². The molecule has 0 amide bonds. The van der Waals surface area contributed by atoms with Gasteiger partial charge in [0.15, 0.2) is 0 Å². The van der Waals surface area contributed by atoms with Gasteiger partial charge in [0.1, 0.15) is 5.75 Å². The fourth-order valence-electron chi connectivity index (χ4n) is 2.20. The molecule has 1 aromatic rings. The Morgan fingerprint density at radius 1 is 1.38 bits per heavy atom. The number of halogens is 1. The summed E-state index contributed by atoms with van der Waals surface area (Å²) in [5, 5.41) is 0. The van der Waals surface area contributed by atoms with Gasteiger partial charge < -0.3 is 10.5 Å². The van der Waals surface area contributed by atoms with Gasteiger partial charge in [0.05, 0.1) is 7.11 Å². The van der Waals surface area contributed by atoms with Crippen molar-refractivity contribution in [1.29, 1.82) is 0 Å². The molecule has 1 aliphatic carbocycles. The first-order valence-electron chi connectivity index (χ1n) is 5.54. The van der Waals surface area contributed by atoms with Crippen molar-refractivity contribution >= 4 is 15.9 Å². The summed E-state index contributed by atoms with van der Waals surface area (Å²) in [5.41, 5.74) is 7.42. The average molecular weight is 284 g/mol. The van der Waals surface area contributed by atoms with Crippen LogP contribution in [0.25, 0.3) is 0 Å². The van der Waals surface area contributed by atoms with Gasteiger partial charge in [-0.2, -0.15) is 0 Å². The van der Waals surface area contributed by atoms with Crippen LogP contribution in [0.5, 0.6) is 5.75 Å². The minimum atomic E-state index is -0.0684. The van der Waals surface area contributed by atoms with E-state index in [4.69, 9.17) is 10.5 Å². The second kappa shape index (κ2) is 3.74. The zero-order valence-electron chi connectivity index (χ0n) is 10.0. The highest BCUT2D eigenvalue weighted by molar-refractivity contribution is 9.10. The molecule has 1 fully saturated rings. The van der Waals surface area contributed by atoms with Crippen LogP contribution in [0.15, 0.2) is 22.7 Å². The highest BCUT2D eigenvalue weighted by Crippen LogP contribution is 2.51. The number of rotatable bonds is 3. The van der Waals surface area contributed by atoms with Crippen molar-refractivity contribution < 1.29 is 4.74 Å². The minimum Gasteiger partial charge on any atom is -0.496 e. The van der Waals surface area contributed by atoms with Crippen LogP contribution in [0.1, 0.15) is 32.3 Å². The fraction of sp³-hybridized carbons (Fsp3) is 0.538. The normalized spacial score (nSPS) is 18.3. The molecule has 0 unspecified atom stereocenters. The van der Waals surface area contributed by atoms with E-state index in [1.807, 2.05) is 12.1 Å². The summed E-state index contributed by atoms with van der Waals surface area (Å²) in [7, 11) is 1.71. The molecule has 88 valence electrons. The predicted octanol–water partition coefficient (Wildman–Crippen LogP) is 3.23. The van der Waals surface area contributed by atoms with Gasteiger partial charge in [-0.15, -0.1) is 0 Å². The first-order chi connectivity index (χ1) is 7.40. The summed E-state index contributed by atoms with van der Waals surface area (Å²) in [6.45, 7) is 4.40. The summed E-state index contributed by atoms with van der Waals surface area (Å²) >= 11 is 3.51. The summed E-state index contributed by atoms with van der Waals surface area (Å²) in [4.78, 5) is 0. The number of methoxy groups -OCH3 is 1. The molecule has 2 N–H and O–H groups in total. The Morgan fingerprint density at radius 2 is 2.00 bits per heavy atom. The lowest BCUT2D eigenvalue weighted by Crippen LogP contribution is -2.43. The second-order valence-corrected chi connectivity index (χ2v) is 6.04. The number of benzene rings is 1. The highest BCUT2D eigenvalue weighted by Gasteiger charge is 2.52. The molecule has 0 aliphatic heterocycles. The van der Waals surface area contributed by atoms with Crippen molar-refractivity contribution in [1.82, 2.24) is 0 Å². The molecular formula is C13H18BrNO. The van der Waals surface area contributed by atoms with Crippen LogP contribution in [0.4, 0.5) is 0 Å². The Hall–Kier alpha value is -0.540. The lowest BCUT2D eigenvalue weighted by molar-refractivity contribution is 0.353. The SMILES string of the molecule is COc1ccc(Br)cc1C(C)(C)C1(N)CC1. The topological polar surface area (TPSA) is 35.2 Å². The lowest BCUT2D eigenvalue weighted by atomic mass is 9.75. The molecule has 0 spiro atoms. The van der Waals surface area contributed by atoms with E-state index in [0.29, 0.717) is 0 Å². The second-order valence-electron chi connectivity index (χ2n) is 5.13. The van der Waals surface area contributed by atoms with Crippen LogP contribution < -0.4 is 10.5 Å². The fourth-order valence-corrected chi connectivity index (χ4v) is 2.56. The van der Waals surface area contributed by atoms with E-state index >= 15 is 0 Å². The molecule has 3 heteroatoms. The van der Waals surface area contributed by atoms with Crippen molar-refractivity contribution in [3.63, 3.8) is 0 Å². The largest absolute Gasteiger partial charge is 0.496 e. The monoisotopic (exact) mass is 283 g/mol. The molecule has 0 saturated heterocycles. The number of ether oxygens (including phenoxy) is 1. The Labute approximate surface area is 105 Å². The van der Waals surface area contributed by atoms with E-state index in [0.717, 1.165) is 23.1 Å². The molecule has 16 heavy (non-hydrogen) atoms. The molecule has 1 saturated carbocycles. The van der Waals surface area contributed by atoms with Gasteiger partial charge in [-0.1, -0.05) is 29.8 Å². The standard InChI is InChI=1S/C13H18BrNO/c1-12(2,13(15)6-7-13)10-8-9(14)4-5-11(10)16-3/h4-5,8H,6-7,15H2,1-3H3. The van der Waals surface area contributed by atoms with Crippen LogP contribution in [0.3, 0.4) is 0 Å². The molecular weight excluding hydrogens is 266 g/mol. The average Bonchev–Trinajstić information content (AvgIpc) is 2.98.